The van der Waals surface area contributed by atoms with Gasteiger partial charge in [0, 0.05) is 36.6 Å². The highest BCUT2D eigenvalue weighted by molar-refractivity contribution is 5.88. The Bertz CT molecular complexity index is 595. The molecule has 0 aromatic heterocycles. The molecule has 4 heteroatoms. The molecule has 0 bridgehead atoms. The molecule has 0 saturated heterocycles. The molecule has 0 atom stereocenters. The topological polar surface area (TPSA) is 46.3 Å². The van der Waals surface area contributed by atoms with E-state index in [1.54, 1.807) is 43.4 Å². The van der Waals surface area contributed by atoms with Crippen LogP contribution in [0.5, 0.6) is 0 Å². The highest BCUT2D eigenvalue weighted by Gasteiger charge is 1.94. The first-order valence-electron chi connectivity index (χ1n) is 6.23. The quantitative estimate of drug-likeness (QED) is 0.708. The summed E-state index contributed by atoms with van der Waals surface area (Å²) in [7, 11) is 0. The van der Waals surface area contributed by atoms with Crippen LogP contribution in [0, 0.1) is 0 Å². The van der Waals surface area contributed by atoms with E-state index in [2.05, 4.69) is 15.0 Å². The average molecular weight is 265 g/mol. The van der Waals surface area contributed by atoms with E-state index < -0.39 is 0 Å². The van der Waals surface area contributed by atoms with Crippen molar-refractivity contribution < 1.29 is 4.74 Å². The van der Waals surface area contributed by atoms with Gasteiger partial charge in [-0.15, -0.1) is 0 Å². The van der Waals surface area contributed by atoms with Crippen LogP contribution in [0.2, 0.25) is 0 Å². The largest absolute Gasteiger partial charge is 0.497 e. The van der Waals surface area contributed by atoms with Gasteiger partial charge in [-0.1, -0.05) is 18.2 Å². The van der Waals surface area contributed by atoms with Gasteiger partial charge in [-0.05, 0) is 24.3 Å². The summed E-state index contributed by atoms with van der Waals surface area (Å²) in [5.74, 6) is 0. The highest BCUT2D eigenvalue weighted by Crippen LogP contribution is 2.16. The maximum Gasteiger partial charge on any atom is 0.106 e. The molecule has 0 radical (unpaired) electrons. The lowest BCUT2D eigenvalue weighted by atomic mass is 10.2. The molecule has 100 valence electrons. The van der Waals surface area contributed by atoms with Crippen LogP contribution in [0.4, 0.5) is 5.69 Å². The zero-order chi connectivity index (χ0) is 13.9. The summed E-state index contributed by atoms with van der Waals surface area (Å²) < 4.78 is 5.23. The Hall–Kier alpha value is -2.75. The molecule has 0 fully saturated rings. The predicted molar refractivity (Wildman–Crippen MR) is 84.1 cm³/mol. The number of nitrogens with zero attached hydrogens (tertiary/aromatic N) is 3. The molecule has 4 nitrogen and oxygen atoms in total. The van der Waals surface area contributed by atoms with E-state index in [0.717, 1.165) is 11.3 Å². The normalized spacial score (nSPS) is 15.0. The number of ether oxygens (including phenoxy) is 1. The van der Waals surface area contributed by atoms with Crippen LogP contribution in [0.25, 0.3) is 0 Å². The molecule has 1 aliphatic rings. The third kappa shape index (κ3) is 4.86. The summed E-state index contributed by atoms with van der Waals surface area (Å²) in [6, 6.07) is 7.80. The SMILES string of the molecule is C1=CCOC=CC=NC=CN=Cc2ccccc2N=C1. The minimum absolute atomic E-state index is 0.495. The molecule has 1 aromatic carbocycles. The van der Waals surface area contributed by atoms with E-state index in [0.29, 0.717) is 6.61 Å². The highest BCUT2D eigenvalue weighted by atomic mass is 16.5. The first-order chi connectivity index (χ1) is 9.97. The summed E-state index contributed by atoms with van der Waals surface area (Å²) in [5.41, 5.74) is 1.82. The molecule has 1 aliphatic heterocycles. The molecular formula is C16H15N3O. The maximum absolute atomic E-state index is 5.23. The average Bonchev–Trinajstić information content (AvgIpc) is 2.47. The van der Waals surface area contributed by atoms with Gasteiger partial charge in [0.25, 0.3) is 0 Å². The Morgan fingerprint density at radius 1 is 0.950 bits per heavy atom. The molecule has 2 rings (SSSR count). The van der Waals surface area contributed by atoms with Crippen molar-refractivity contribution in [2.75, 3.05) is 6.61 Å². The van der Waals surface area contributed by atoms with E-state index >= 15 is 0 Å². The number of hydrogen-bond acceptors (Lipinski definition) is 4. The smallest absolute Gasteiger partial charge is 0.106 e. The monoisotopic (exact) mass is 265 g/mol. The summed E-state index contributed by atoms with van der Waals surface area (Å²) in [6.45, 7) is 0.495. The molecule has 0 saturated carbocycles. The van der Waals surface area contributed by atoms with Crippen LogP contribution in [-0.4, -0.2) is 25.3 Å². The lowest BCUT2D eigenvalue weighted by Gasteiger charge is -1.97. The van der Waals surface area contributed by atoms with Gasteiger partial charge in [0.05, 0.1) is 11.9 Å². The van der Waals surface area contributed by atoms with Crippen LogP contribution in [-0.2, 0) is 4.74 Å². The van der Waals surface area contributed by atoms with Crippen molar-refractivity contribution in [2.45, 2.75) is 0 Å². The minimum atomic E-state index is 0.495. The number of fused-ring (bicyclic) bond motifs is 1. The maximum atomic E-state index is 5.23. The van der Waals surface area contributed by atoms with Crippen molar-refractivity contribution in [1.82, 2.24) is 0 Å². The summed E-state index contributed by atoms with van der Waals surface area (Å²) >= 11 is 0. The predicted octanol–water partition coefficient (Wildman–Crippen LogP) is 3.45. The van der Waals surface area contributed by atoms with Crippen molar-refractivity contribution >= 4 is 24.3 Å². The van der Waals surface area contributed by atoms with Gasteiger partial charge in [0.15, 0.2) is 0 Å². The van der Waals surface area contributed by atoms with E-state index in [9.17, 15) is 0 Å². The van der Waals surface area contributed by atoms with Gasteiger partial charge < -0.3 is 4.74 Å². The van der Waals surface area contributed by atoms with Crippen molar-refractivity contribution in [2.24, 2.45) is 15.0 Å². The summed E-state index contributed by atoms with van der Waals surface area (Å²) in [4.78, 5) is 12.6. The number of benzene rings is 1. The van der Waals surface area contributed by atoms with Crippen LogP contribution >= 0.6 is 0 Å². The molecule has 0 N–H and O–H groups in total. The standard InChI is InChI=1S/C16H15N3O/c1-2-7-16-15(6-1)14-18-11-10-17-8-5-13-20-12-4-3-9-19-16/h1-11,13-14H,12H2. The van der Waals surface area contributed by atoms with Crippen molar-refractivity contribution in [3.05, 3.63) is 66.7 Å². The van der Waals surface area contributed by atoms with Gasteiger partial charge >= 0.3 is 0 Å². The fourth-order valence-electron chi connectivity index (χ4n) is 1.46. The second kappa shape index (κ2) is 8.37. The first kappa shape index (κ1) is 13.7. The number of rotatable bonds is 0. The molecule has 0 amide bonds. The summed E-state index contributed by atoms with van der Waals surface area (Å²) in [5, 5.41) is 0. The Labute approximate surface area is 118 Å². The second-order valence-electron chi connectivity index (χ2n) is 3.80. The van der Waals surface area contributed by atoms with Crippen molar-refractivity contribution in [3.63, 3.8) is 0 Å². The van der Waals surface area contributed by atoms with E-state index in [1.807, 2.05) is 36.4 Å². The minimum Gasteiger partial charge on any atom is -0.497 e. The second-order valence-corrected chi connectivity index (χ2v) is 3.80. The van der Waals surface area contributed by atoms with Crippen molar-refractivity contribution in [1.29, 1.82) is 0 Å². The fraction of sp³-hybridized carbons (Fsp3) is 0.0625. The number of para-hydroxylation sites is 1. The van der Waals surface area contributed by atoms with Gasteiger partial charge in [-0.3, -0.25) is 15.0 Å². The number of hydrogen-bond donors (Lipinski definition) is 0. The summed E-state index contributed by atoms with van der Waals surface area (Å²) in [6.07, 6.45) is 15.4. The lowest BCUT2D eigenvalue weighted by Crippen LogP contribution is -1.83. The van der Waals surface area contributed by atoms with Gasteiger partial charge in [0.1, 0.15) is 6.61 Å². The third-order valence-electron chi connectivity index (χ3n) is 2.36. The molecule has 1 heterocycles. The van der Waals surface area contributed by atoms with Crippen LogP contribution in [0.15, 0.2) is 76.1 Å². The number of aliphatic imine (C=N–C) groups is 3. The zero-order valence-corrected chi connectivity index (χ0v) is 11.0. The van der Waals surface area contributed by atoms with Crippen molar-refractivity contribution in [3.8, 4) is 0 Å². The Morgan fingerprint density at radius 3 is 2.85 bits per heavy atom. The van der Waals surface area contributed by atoms with Crippen LogP contribution < -0.4 is 0 Å². The number of allylic oxidation sites excluding steroid dienone is 2. The van der Waals surface area contributed by atoms with Crippen LogP contribution in [0.3, 0.4) is 0 Å². The Kier molecular flexibility index (Phi) is 5.72. The zero-order valence-electron chi connectivity index (χ0n) is 11.0. The molecular weight excluding hydrogens is 250 g/mol. The van der Waals surface area contributed by atoms with Crippen LogP contribution in [0.1, 0.15) is 5.56 Å². The third-order valence-corrected chi connectivity index (χ3v) is 2.36. The molecule has 0 spiro atoms. The molecule has 20 heavy (non-hydrogen) atoms. The lowest BCUT2D eigenvalue weighted by molar-refractivity contribution is 0.290. The van der Waals surface area contributed by atoms with E-state index in [4.69, 9.17) is 4.74 Å². The Balaban J connectivity index is 2.23. The first-order valence-corrected chi connectivity index (χ1v) is 6.23. The fourth-order valence-corrected chi connectivity index (χ4v) is 1.46. The molecule has 0 unspecified atom stereocenters. The van der Waals surface area contributed by atoms with Gasteiger partial charge in [0.2, 0.25) is 0 Å². The van der Waals surface area contributed by atoms with E-state index in [1.165, 1.54) is 0 Å². The molecule has 0 aliphatic carbocycles. The molecule has 1 aromatic rings. The van der Waals surface area contributed by atoms with E-state index in [-0.39, 0.29) is 0 Å². The van der Waals surface area contributed by atoms with Gasteiger partial charge in [-0.2, -0.15) is 0 Å². The Morgan fingerprint density at radius 2 is 1.85 bits per heavy atom. The van der Waals surface area contributed by atoms with Gasteiger partial charge in [-0.25, -0.2) is 0 Å².